The highest BCUT2D eigenvalue weighted by molar-refractivity contribution is 6.89. The lowest BCUT2D eigenvalue weighted by Gasteiger charge is -2.29. The van der Waals surface area contributed by atoms with Crippen LogP contribution in [0.1, 0.15) is 52.7 Å². The lowest BCUT2D eigenvalue weighted by molar-refractivity contribution is 0.590. The Morgan fingerprint density at radius 1 is 0.342 bits per heavy atom. The summed E-state index contributed by atoms with van der Waals surface area (Å²) in [6.45, 7) is 28.4. The van der Waals surface area contributed by atoms with Crippen molar-refractivity contribution >= 4 is 115 Å². The van der Waals surface area contributed by atoms with Gasteiger partial charge in [-0.3, -0.25) is 0 Å². The van der Waals surface area contributed by atoms with E-state index in [2.05, 4.69) is 295 Å². The van der Waals surface area contributed by atoms with Crippen LogP contribution < -0.4 is 20.2 Å². The Hall–Kier alpha value is -7.19. The van der Waals surface area contributed by atoms with Crippen LogP contribution in [0.4, 0.5) is 34.1 Å². The molecule has 0 bridgehead atoms. The van der Waals surface area contributed by atoms with Gasteiger partial charge in [-0.25, -0.2) is 0 Å². The largest absolute Gasteiger partial charge is 0.310 e. The second-order valence-electron chi connectivity index (χ2n) is 24.4. The van der Waals surface area contributed by atoms with Gasteiger partial charge in [0.2, 0.25) is 0 Å². The van der Waals surface area contributed by atoms with Gasteiger partial charge in [-0.15, -0.1) is 0 Å². The molecule has 5 heteroatoms. The molecule has 1 heterocycles. The molecule has 3 nitrogen and oxygen atoms in total. The van der Waals surface area contributed by atoms with Gasteiger partial charge >= 0.3 is 0 Å². The zero-order valence-electron chi connectivity index (χ0n) is 44.9. The summed E-state index contributed by atoms with van der Waals surface area (Å²) in [5.41, 5.74) is 13.0. The molecular weight excluding hydrogens is 915 g/mol. The van der Waals surface area contributed by atoms with Crippen LogP contribution >= 0.6 is 0 Å². The van der Waals surface area contributed by atoms with Crippen LogP contribution in [-0.4, -0.2) is 20.7 Å². The van der Waals surface area contributed by atoms with Gasteiger partial charge in [-0.05, 0) is 105 Å². The summed E-state index contributed by atoms with van der Waals surface area (Å²) in [6, 6.07) is 76.4. The minimum atomic E-state index is -1.57. The van der Waals surface area contributed by atoms with Crippen molar-refractivity contribution in [2.45, 2.75) is 91.7 Å². The second-order valence-corrected chi connectivity index (χ2v) is 34.5. The Balaban J connectivity index is 1.28. The van der Waals surface area contributed by atoms with Gasteiger partial charge in [0.15, 0.2) is 0 Å². The molecular formula is C68H69N3Si2. The number of nitrogens with zero attached hydrogens (tertiary/aromatic N) is 3. The highest BCUT2D eigenvalue weighted by Crippen LogP contribution is 2.50. The first-order valence-electron chi connectivity index (χ1n) is 26.2. The zero-order chi connectivity index (χ0) is 51.2. The first-order valence-corrected chi connectivity index (χ1v) is 33.2. The van der Waals surface area contributed by atoms with E-state index in [-0.39, 0.29) is 10.8 Å². The average molecular weight is 984 g/mol. The molecule has 0 saturated heterocycles. The number of hydrogen-bond donors (Lipinski definition) is 0. The minimum Gasteiger partial charge on any atom is -0.310 e. The van der Waals surface area contributed by atoms with Crippen LogP contribution in [0.25, 0.3) is 59.8 Å². The van der Waals surface area contributed by atoms with Crippen LogP contribution in [0.15, 0.2) is 200 Å². The normalized spacial score (nSPS) is 12.7. The Bertz CT molecular complexity index is 3520. The van der Waals surface area contributed by atoms with Crippen molar-refractivity contribution in [2.24, 2.45) is 0 Å². The quantitative estimate of drug-likeness (QED) is 0.134. The second kappa shape index (κ2) is 17.8. The summed E-state index contributed by atoms with van der Waals surface area (Å²) >= 11 is 0. The molecule has 11 rings (SSSR count). The molecule has 0 fully saturated rings. The summed E-state index contributed by atoms with van der Waals surface area (Å²) in [6.07, 6.45) is 0. The van der Waals surface area contributed by atoms with E-state index in [1.807, 2.05) is 0 Å². The Morgan fingerprint density at radius 3 is 1.04 bits per heavy atom. The van der Waals surface area contributed by atoms with Gasteiger partial charge in [0.05, 0.1) is 44.2 Å². The highest BCUT2D eigenvalue weighted by Gasteiger charge is 2.28. The number of hydrogen-bond acceptors (Lipinski definition) is 2. The monoisotopic (exact) mass is 984 g/mol. The Morgan fingerprint density at radius 2 is 0.671 bits per heavy atom. The molecule has 0 radical (unpaired) electrons. The predicted octanol–water partition coefficient (Wildman–Crippen LogP) is 18.9. The van der Waals surface area contributed by atoms with Gasteiger partial charge in [0, 0.05) is 49.7 Å². The number of anilines is 6. The van der Waals surface area contributed by atoms with Crippen molar-refractivity contribution in [1.29, 1.82) is 0 Å². The SMILES string of the molecule is CC(C)(C)c1ccc(N(c2ccc([Si](C)(C)C)cc2)c2cc3c(c4ccccc24)c2c4ccccc4c(N(c4ccc(C(C)(C)C)cc4)c4ccc([Si](C)(C)C)cc4)cc2n3-c2cccc3ccccc23)cc1. The molecule has 0 saturated carbocycles. The van der Waals surface area contributed by atoms with Crippen LogP contribution in [-0.2, 0) is 10.8 Å². The number of fused-ring (bicyclic) bond motifs is 8. The fourth-order valence-electron chi connectivity index (χ4n) is 11.0. The van der Waals surface area contributed by atoms with Crippen molar-refractivity contribution in [2.75, 3.05) is 9.80 Å². The molecule has 73 heavy (non-hydrogen) atoms. The third-order valence-corrected chi connectivity index (χ3v) is 19.3. The molecule has 0 aliphatic heterocycles. The molecule has 364 valence electrons. The molecule has 0 amide bonds. The third-order valence-electron chi connectivity index (χ3n) is 15.2. The van der Waals surface area contributed by atoms with Crippen LogP contribution in [0.3, 0.4) is 0 Å². The van der Waals surface area contributed by atoms with E-state index < -0.39 is 16.1 Å². The van der Waals surface area contributed by atoms with Crippen molar-refractivity contribution in [3.8, 4) is 5.69 Å². The van der Waals surface area contributed by atoms with E-state index in [0.29, 0.717) is 0 Å². The summed E-state index contributed by atoms with van der Waals surface area (Å²) in [5, 5.41) is 12.7. The van der Waals surface area contributed by atoms with Crippen molar-refractivity contribution < 1.29 is 0 Å². The Labute approximate surface area is 435 Å². The first kappa shape index (κ1) is 48.1. The highest BCUT2D eigenvalue weighted by atomic mass is 28.3. The number of aromatic nitrogens is 1. The summed E-state index contributed by atoms with van der Waals surface area (Å²) in [7, 11) is -3.14. The van der Waals surface area contributed by atoms with E-state index in [1.165, 1.54) is 64.6 Å². The zero-order valence-corrected chi connectivity index (χ0v) is 46.9. The molecule has 11 aromatic rings. The standard InChI is InChI=1S/C68H69N3Si2/c1-67(2,3)47-28-32-49(33-29-47)69(51-36-40-53(41-37-51)72(7,8)9)61-44-63-65(58-25-17-15-23-56(58)61)66-59-26-18-16-24-57(59)62(45-64(66)71(63)60-27-19-21-46-20-13-14-22-55(46)60)70(50-34-30-48(31-35-50)68(4,5)6)52-38-42-54(43-39-52)73(10,11)12/h13-45H,1-12H3. The summed E-state index contributed by atoms with van der Waals surface area (Å²) in [4.78, 5) is 5.01. The average Bonchev–Trinajstić information content (AvgIpc) is 3.70. The van der Waals surface area contributed by atoms with Crippen molar-refractivity contribution in [3.05, 3.63) is 211 Å². The maximum atomic E-state index is 2.59. The third kappa shape index (κ3) is 8.66. The lowest BCUT2D eigenvalue weighted by Crippen LogP contribution is -2.37. The van der Waals surface area contributed by atoms with Crippen LogP contribution in [0.2, 0.25) is 39.3 Å². The maximum Gasteiger partial charge on any atom is 0.0775 e. The minimum absolute atomic E-state index is 0.0257. The first-order chi connectivity index (χ1) is 34.8. The molecule has 0 atom stereocenters. The van der Waals surface area contributed by atoms with Gasteiger partial charge in [0.1, 0.15) is 0 Å². The number of rotatable bonds is 9. The van der Waals surface area contributed by atoms with E-state index in [9.17, 15) is 0 Å². The van der Waals surface area contributed by atoms with Gasteiger partial charge in [-0.1, -0.05) is 225 Å². The molecule has 0 aliphatic carbocycles. The molecule has 0 N–H and O–H groups in total. The Kier molecular flexibility index (Phi) is 11.7. The summed E-state index contributed by atoms with van der Waals surface area (Å²) in [5.74, 6) is 0. The predicted molar refractivity (Wildman–Crippen MR) is 326 cm³/mol. The van der Waals surface area contributed by atoms with E-state index >= 15 is 0 Å². The van der Waals surface area contributed by atoms with E-state index in [1.54, 1.807) is 0 Å². The smallest absolute Gasteiger partial charge is 0.0775 e. The van der Waals surface area contributed by atoms with Crippen molar-refractivity contribution in [3.63, 3.8) is 0 Å². The van der Waals surface area contributed by atoms with Crippen LogP contribution in [0, 0.1) is 0 Å². The van der Waals surface area contributed by atoms with E-state index in [0.717, 1.165) is 50.8 Å². The molecule has 1 aromatic heterocycles. The maximum absolute atomic E-state index is 2.59. The van der Waals surface area contributed by atoms with Crippen molar-refractivity contribution in [1.82, 2.24) is 4.57 Å². The van der Waals surface area contributed by atoms with Gasteiger partial charge in [0.25, 0.3) is 0 Å². The van der Waals surface area contributed by atoms with Crippen LogP contribution in [0.5, 0.6) is 0 Å². The van der Waals surface area contributed by atoms with E-state index in [4.69, 9.17) is 0 Å². The molecule has 0 aliphatic rings. The molecule has 0 unspecified atom stereocenters. The topological polar surface area (TPSA) is 11.4 Å². The summed E-state index contributed by atoms with van der Waals surface area (Å²) < 4.78 is 2.59. The molecule has 0 spiro atoms. The van der Waals surface area contributed by atoms with Gasteiger partial charge in [-0.2, -0.15) is 0 Å². The molecule has 10 aromatic carbocycles. The fraction of sp³-hybridized carbons (Fsp3) is 0.206. The van der Waals surface area contributed by atoms with Gasteiger partial charge < -0.3 is 14.4 Å². The number of benzene rings is 10. The lowest BCUT2D eigenvalue weighted by atomic mass is 9.87. The fourth-order valence-corrected chi connectivity index (χ4v) is 13.4.